The van der Waals surface area contributed by atoms with Crippen molar-refractivity contribution in [3.63, 3.8) is 0 Å². The van der Waals surface area contributed by atoms with Gasteiger partial charge < -0.3 is 9.80 Å². The van der Waals surface area contributed by atoms with Crippen LogP contribution in [0.3, 0.4) is 0 Å². The number of aliphatic imine (C=N–C) groups is 2. The highest BCUT2D eigenvalue weighted by atomic mass is 35.5. The van der Waals surface area contributed by atoms with Crippen molar-refractivity contribution in [2.75, 3.05) is 37.0 Å². The van der Waals surface area contributed by atoms with E-state index in [0.29, 0.717) is 32.6 Å². The first kappa shape index (κ1) is 28.7. The van der Waals surface area contributed by atoms with Crippen LogP contribution in [0, 0.1) is 5.82 Å². The van der Waals surface area contributed by atoms with Gasteiger partial charge in [-0.25, -0.2) is 4.39 Å². The summed E-state index contributed by atoms with van der Waals surface area (Å²) in [6, 6.07) is 17.2. The topological polar surface area (TPSA) is 65.3 Å². The molecule has 0 atom stereocenters. The molecule has 210 valence electrons. The number of hydrogen-bond acceptors (Lipinski definition) is 4. The number of benzodiazepines with no additional fused rings is 2. The lowest BCUT2D eigenvalue weighted by Gasteiger charge is -2.20. The van der Waals surface area contributed by atoms with Crippen molar-refractivity contribution in [2.45, 2.75) is 25.7 Å². The van der Waals surface area contributed by atoms with Gasteiger partial charge in [0, 0.05) is 40.8 Å². The van der Waals surface area contributed by atoms with Gasteiger partial charge in [0.1, 0.15) is 18.9 Å². The fourth-order valence-electron chi connectivity index (χ4n) is 5.14. The Labute approximate surface area is 248 Å². The first-order valence-corrected chi connectivity index (χ1v) is 14.2. The molecular weight excluding hydrogens is 562 g/mol. The molecule has 3 aromatic carbocycles. The number of carbonyl (C=O) groups is 2. The number of rotatable bonds is 2. The molecule has 0 saturated heterocycles. The average molecular weight is 592 g/mol. The maximum Gasteiger partial charge on any atom is 0.248 e. The number of amides is 2. The zero-order valence-electron chi connectivity index (χ0n) is 22.8. The van der Waals surface area contributed by atoms with Gasteiger partial charge in [0.25, 0.3) is 0 Å². The van der Waals surface area contributed by atoms with E-state index in [1.165, 1.54) is 29.4 Å². The van der Waals surface area contributed by atoms with Gasteiger partial charge in [-0.1, -0.05) is 41.4 Å². The van der Waals surface area contributed by atoms with E-state index in [9.17, 15) is 14.0 Å². The van der Waals surface area contributed by atoms with E-state index in [2.05, 4.69) is 16.1 Å². The van der Waals surface area contributed by atoms with Crippen LogP contribution in [-0.4, -0.2) is 50.4 Å². The highest BCUT2D eigenvalue weighted by Crippen LogP contribution is 2.32. The van der Waals surface area contributed by atoms with E-state index >= 15 is 0 Å². The molecule has 0 unspecified atom stereocenters. The molecule has 6 rings (SSSR count). The smallest absolute Gasteiger partial charge is 0.248 e. The fraction of sp³-hybridized carbons (Fsp3) is 0.250. The zero-order chi connectivity index (χ0) is 29.1. The Morgan fingerprint density at radius 1 is 0.732 bits per heavy atom. The summed E-state index contributed by atoms with van der Waals surface area (Å²) in [6.45, 7) is 0.182. The van der Waals surface area contributed by atoms with Crippen LogP contribution in [0.15, 0.2) is 82.3 Å². The van der Waals surface area contributed by atoms with Crippen molar-refractivity contribution in [1.82, 2.24) is 0 Å². The minimum atomic E-state index is -0.376. The molecule has 9 heteroatoms. The molecule has 3 aromatic rings. The number of fused-ring (bicyclic) bond motifs is 2. The van der Waals surface area contributed by atoms with Crippen molar-refractivity contribution in [1.29, 1.82) is 0 Å². The minimum Gasteiger partial charge on any atom is -0.313 e. The van der Waals surface area contributed by atoms with Crippen molar-refractivity contribution in [3.8, 4) is 0 Å². The lowest BCUT2D eigenvalue weighted by molar-refractivity contribution is -0.117. The molecular formula is C32H29Cl2FN4O2. The van der Waals surface area contributed by atoms with Crippen molar-refractivity contribution in [2.24, 2.45) is 9.98 Å². The Balaban J connectivity index is 0.000000165. The molecule has 6 nitrogen and oxygen atoms in total. The number of carbonyl (C=O) groups excluding carboxylic acids is 2. The second-order valence-corrected chi connectivity index (χ2v) is 10.9. The van der Waals surface area contributed by atoms with Crippen molar-refractivity contribution < 1.29 is 14.0 Å². The second kappa shape index (κ2) is 12.4. The van der Waals surface area contributed by atoms with E-state index in [-0.39, 0.29) is 30.7 Å². The Bertz CT molecular complexity index is 1610. The van der Waals surface area contributed by atoms with Gasteiger partial charge in [-0.2, -0.15) is 0 Å². The van der Waals surface area contributed by atoms with Crippen LogP contribution in [0.5, 0.6) is 0 Å². The van der Waals surface area contributed by atoms with Gasteiger partial charge in [-0.3, -0.25) is 19.6 Å². The summed E-state index contributed by atoms with van der Waals surface area (Å²) in [5.74, 6) is -0.510. The predicted octanol–water partition coefficient (Wildman–Crippen LogP) is 6.90. The lowest BCUT2D eigenvalue weighted by atomic mass is 9.91. The van der Waals surface area contributed by atoms with Gasteiger partial charge >= 0.3 is 0 Å². The third-order valence-corrected chi connectivity index (χ3v) is 7.84. The molecule has 0 spiro atoms. The largest absolute Gasteiger partial charge is 0.313 e. The molecule has 2 heterocycles. The van der Waals surface area contributed by atoms with Crippen LogP contribution in [-0.2, 0) is 9.59 Å². The quantitative estimate of drug-likeness (QED) is 0.326. The number of nitrogens with zero attached hydrogens (tertiary/aromatic N) is 4. The van der Waals surface area contributed by atoms with Gasteiger partial charge in [0.15, 0.2) is 0 Å². The minimum absolute atomic E-state index is 0.0139. The molecule has 0 saturated carbocycles. The Morgan fingerprint density at radius 3 is 1.85 bits per heavy atom. The SMILES string of the molecule is CN1C(=O)CN=C(C2=CCCCC2)c2cc(Cl)ccc21.CN1C(=O)CN=C(c2ccccc2F)c2cc(Cl)ccc21. The molecule has 3 aliphatic rings. The first-order chi connectivity index (χ1) is 19.7. The fourth-order valence-corrected chi connectivity index (χ4v) is 5.48. The van der Waals surface area contributed by atoms with Crippen molar-refractivity contribution in [3.05, 3.63) is 105 Å². The number of benzene rings is 3. The first-order valence-electron chi connectivity index (χ1n) is 13.4. The van der Waals surface area contributed by atoms with E-state index in [1.807, 2.05) is 18.2 Å². The van der Waals surface area contributed by atoms with Crippen LogP contribution in [0.4, 0.5) is 15.8 Å². The van der Waals surface area contributed by atoms with Crippen LogP contribution >= 0.6 is 23.2 Å². The van der Waals surface area contributed by atoms with Crippen LogP contribution in [0.1, 0.15) is 42.4 Å². The average Bonchev–Trinajstić information content (AvgIpc) is 3.17. The molecule has 1 aliphatic carbocycles. The van der Waals surface area contributed by atoms with Crippen LogP contribution in [0.25, 0.3) is 0 Å². The second-order valence-electron chi connectivity index (χ2n) is 10.0. The number of halogens is 3. The molecule has 0 fully saturated rings. The van der Waals surface area contributed by atoms with Gasteiger partial charge in [-0.05, 0) is 79.8 Å². The third-order valence-electron chi connectivity index (χ3n) is 7.37. The van der Waals surface area contributed by atoms with E-state index in [0.717, 1.165) is 29.8 Å². The zero-order valence-corrected chi connectivity index (χ0v) is 24.3. The summed E-state index contributed by atoms with van der Waals surface area (Å²) >= 11 is 12.2. The monoisotopic (exact) mass is 590 g/mol. The lowest BCUT2D eigenvalue weighted by Crippen LogP contribution is -2.27. The molecule has 0 bridgehead atoms. The van der Waals surface area contributed by atoms with E-state index in [4.69, 9.17) is 23.2 Å². The molecule has 0 radical (unpaired) electrons. The Hall–Kier alpha value is -3.81. The number of allylic oxidation sites excluding steroid dienone is 2. The molecule has 2 amide bonds. The summed E-state index contributed by atoms with van der Waals surface area (Å²) in [4.78, 5) is 36.1. The third kappa shape index (κ3) is 6.11. The van der Waals surface area contributed by atoms with Gasteiger partial charge in [0.05, 0.1) is 22.8 Å². The van der Waals surface area contributed by atoms with Crippen LogP contribution in [0.2, 0.25) is 10.0 Å². The standard InChI is InChI=1S/C16H12ClFN2O.C16H17ClN2O/c1-20-14-7-6-10(17)8-12(14)16(19-9-15(20)21)11-4-2-3-5-13(11)18;1-19-14-8-7-12(17)9-13(14)16(18-10-15(19)20)11-5-3-2-4-6-11/h2-8H,9H2,1H3;5,7-9H,2-4,6,10H2,1H3. The summed E-state index contributed by atoms with van der Waals surface area (Å²) in [5.41, 5.74) is 6.20. The highest BCUT2D eigenvalue weighted by Gasteiger charge is 2.25. The van der Waals surface area contributed by atoms with Gasteiger partial charge in [0.2, 0.25) is 11.8 Å². The number of hydrogen-bond donors (Lipinski definition) is 0. The molecule has 0 N–H and O–H groups in total. The summed E-state index contributed by atoms with van der Waals surface area (Å²) < 4.78 is 14.1. The molecule has 2 aliphatic heterocycles. The highest BCUT2D eigenvalue weighted by molar-refractivity contribution is 6.32. The summed E-state index contributed by atoms with van der Waals surface area (Å²) in [6.07, 6.45) is 6.79. The summed E-state index contributed by atoms with van der Waals surface area (Å²) in [7, 11) is 3.47. The predicted molar refractivity (Wildman–Crippen MR) is 165 cm³/mol. The molecule has 0 aromatic heterocycles. The Kier molecular flexibility index (Phi) is 8.66. The van der Waals surface area contributed by atoms with E-state index < -0.39 is 0 Å². The maximum atomic E-state index is 14.1. The van der Waals surface area contributed by atoms with E-state index in [1.54, 1.807) is 55.4 Å². The molecule has 41 heavy (non-hydrogen) atoms. The number of anilines is 2. The van der Waals surface area contributed by atoms with Crippen LogP contribution < -0.4 is 9.80 Å². The van der Waals surface area contributed by atoms with Crippen molar-refractivity contribution >= 4 is 57.8 Å². The Morgan fingerprint density at radius 2 is 1.29 bits per heavy atom. The maximum absolute atomic E-state index is 14.1. The normalized spacial score (nSPS) is 16.8. The summed E-state index contributed by atoms with van der Waals surface area (Å²) in [5, 5.41) is 1.19. The number of likely N-dealkylation sites (N-methyl/N-ethyl adjacent to an activating group) is 2. The van der Waals surface area contributed by atoms with Gasteiger partial charge in [-0.15, -0.1) is 0 Å².